The summed E-state index contributed by atoms with van der Waals surface area (Å²) in [6.45, 7) is 13.7. The van der Waals surface area contributed by atoms with Crippen LogP contribution in [0, 0.1) is 26.7 Å². The quantitative estimate of drug-likeness (QED) is 0.885. The molecule has 1 aromatic carbocycles. The van der Waals surface area contributed by atoms with E-state index in [4.69, 9.17) is 0 Å². The van der Waals surface area contributed by atoms with Gasteiger partial charge in [-0.15, -0.1) is 0 Å². The van der Waals surface area contributed by atoms with Crippen molar-refractivity contribution in [2.75, 3.05) is 32.7 Å². The first-order valence-corrected chi connectivity index (χ1v) is 7.68. The lowest BCUT2D eigenvalue weighted by molar-refractivity contribution is 0.0833. The summed E-state index contributed by atoms with van der Waals surface area (Å²) in [4.78, 5) is 2.45. The second kappa shape index (κ2) is 6.70. The van der Waals surface area contributed by atoms with Crippen LogP contribution < -0.4 is 5.32 Å². The van der Waals surface area contributed by atoms with E-state index in [0.29, 0.717) is 0 Å². The third-order valence-electron chi connectivity index (χ3n) is 4.33. The lowest BCUT2D eigenvalue weighted by atomic mass is 9.89. The Bertz CT molecular complexity index is 429. The maximum absolute atomic E-state index is 10.7. The Balaban J connectivity index is 2.08. The van der Waals surface area contributed by atoms with Gasteiger partial charge in [-0.05, 0) is 43.4 Å². The van der Waals surface area contributed by atoms with E-state index in [1.807, 2.05) is 0 Å². The normalized spacial score (nSPS) is 19.9. The summed E-state index contributed by atoms with van der Waals surface area (Å²) in [6, 6.07) is 4.34. The van der Waals surface area contributed by atoms with E-state index in [1.54, 1.807) is 0 Å². The van der Waals surface area contributed by atoms with Crippen molar-refractivity contribution in [2.45, 2.75) is 33.8 Å². The predicted molar refractivity (Wildman–Crippen MR) is 84.1 cm³/mol. The molecule has 0 saturated carbocycles. The molecule has 2 atom stereocenters. The first kappa shape index (κ1) is 15.5. The van der Waals surface area contributed by atoms with E-state index in [9.17, 15) is 5.11 Å². The smallest absolute Gasteiger partial charge is 0.0832 e. The first-order valence-electron chi connectivity index (χ1n) is 7.68. The molecule has 0 aromatic heterocycles. The molecule has 3 nitrogen and oxygen atoms in total. The van der Waals surface area contributed by atoms with Crippen LogP contribution in [0.2, 0.25) is 0 Å². The third-order valence-corrected chi connectivity index (χ3v) is 4.33. The lowest BCUT2D eigenvalue weighted by Gasteiger charge is -2.32. The van der Waals surface area contributed by atoms with E-state index in [0.717, 1.165) is 38.3 Å². The molecule has 0 aliphatic carbocycles. The zero-order valence-corrected chi connectivity index (χ0v) is 13.2. The van der Waals surface area contributed by atoms with E-state index in [1.165, 1.54) is 16.7 Å². The maximum atomic E-state index is 10.7. The Morgan fingerprint density at radius 2 is 1.70 bits per heavy atom. The average Bonchev–Trinajstić information content (AvgIpc) is 2.38. The van der Waals surface area contributed by atoms with Crippen LogP contribution in [0.5, 0.6) is 0 Å². The number of piperazine rings is 1. The molecule has 1 fully saturated rings. The van der Waals surface area contributed by atoms with Crippen LogP contribution in [0.4, 0.5) is 0 Å². The third kappa shape index (κ3) is 3.60. The molecule has 0 amide bonds. The van der Waals surface area contributed by atoms with Crippen LogP contribution in [-0.2, 0) is 0 Å². The number of nitrogens with one attached hydrogen (secondary N) is 1. The molecule has 0 bridgehead atoms. The Kier molecular flexibility index (Phi) is 5.19. The summed E-state index contributed by atoms with van der Waals surface area (Å²) in [7, 11) is 0. The van der Waals surface area contributed by atoms with Gasteiger partial charge in [0.05, 0.1) is 6.10 Å². The van der Waals surface area contributed by atoms with Gasteiger partial charge in [0.1, 0.15) is 0 Å². The fourth-order valence-corrected chi connectivity index (χ4v) is 3.34. The fraction of sp³-hybridized carbons (Fsp3) is 0.647. The minimum atomic E-state index is -0.370. The van der Waals surface area contributed by atoms with Gasteiger partial charge in [0, 0.05) is 32.7 Å². The van der Waals surface area contributed by atoms with Crippen molar-refractivity contribution in [3.8, 4) is 0 Å². The number of aliphatic hydroxyl groups is 1. The second-order valence-electron chi connectivity index (χ2n) is 6.29. The monoisotopic (exact) mass is 276 g/mol. The van der Waals surface area contributed by atoms with Crippen LogP contribution in [0.3, 0.4) is 0 Å². The molecule has 0 radical (unpaired) electrons. The molecular formula is C17H28N2O. The van der Waals surface area contributed by atoms with Gasteiger partial charge in [-0.1, -0.05) is 24.6 Å². The number of benzene rings is 1. The van der Waals surface area contributed by atoms with Crippen LogP contribution in [-0.4, -0.2) is 42.7 Å². The molecule has 112 valence electrons. The average molecular weight is 276 g/mol. The van der Waals surface area contributed by atoms with Crippen molar-refractivity contribution in [2.24, 2.45) is 5.92 Å². The van der Waals surface area contributed by atoms with Gasteiger partial charge in [-0.25, -0.2) is 0 Å². The molecule has 2 rings (SSSR count). The predicted octanol–water partition coefficient (Wildman–Crippen LogP) is 2.19. The summed E-state index contributed by atoms with van der Waals surface area (Å²) in [5.41, 5.74) is 4.81. The highest BCUT2D eigenvalue weighted by molar-refractivity contribution is 5.39. The largest absolute Gasteiger partial charge is 0.388 e. The topological polar surface area (TPSA) is 35.5 Å². The van der Waals surface area contributed by atoms with Crippen molar-refractivity contribution < 1.29 is 5.11 Å². The number of nitrogens with zero attached hydrogens (tertiary/aromatic N) is 1. The highest BCUT2D eigenvalue weighted by atomic mass is 16.3. The number of hydrogen-bond donors (Lipinski definition) is 2. The van der Waals surface area contributed by atoms with Crippen molar-refractivity contribution in [1.29, 1.82) is 0 Å². The number of aryl methyl sites for hydroxylation is 3. The number of rotatable bonds is 4. The summed E-state index contributed by atoms with van der Waals surface area (Å²) < 4.78 is 0. The lowest BCUT2D eigenvalue weighted by Crippen LogP contribution is -2.45. The van der Waals surface area contributed by atoms with Crippen molar-refractivity contribution in [3.63, 3.8) is 0 Å². The van der Waals surface area contributed by atoms with Gasteiger partial charge in [0.25, 0.3) is 0 Å². The Morgan fingerprint density at radius 3 is 2.25 bits per heavy atom. The van der Waals surface area contributed by atoms with Gasteiger partial charge < -0.3 is 15.3 Å². The van der Waals surface area contributed by atoms with Gasteiger partial charge in [0.2, 0.25) is 0 Å². The van der Waals surface area contributed by atoms with Crippen LogP contribution in [0.1, 0.15) is 35.3 Å². The molecule has 0 spiro atoms. The minimum Gasteiger partial charge on any atom is -0.388 e. The van der Waals surface area contributed by atoms with E-state index in [2.05, 4.69) is 50.0 Å². The molecule has 2 N–H and O–H groups in total. The Labute approximate surface area is 123 Å². The van der Waals surface area contributed by atoms with Gasteiger partial charge in [-0.3, -0.25) is 0 Å². The van der Waals surface area contributed by atoms with Gasteiger partial charge in [0.15, 0.2) is 0 Å². The molecular weight excluding hydrogens is 248 g/mol. The maximum Gasteiger partial charge on any atom is 0.0832 e. The minimum absolute atomic E-state index is 0.258. The van der Waals surface area contributed by atoms with Crippen molar-refractivity contribution >= 4 is 0 Å². The highest BCUT2D eigenvalue weighted by Gasteiger charge is 2.23. The molecule has 1 heterocycles. The summed E-state index contributed by atoms with van der Waals surface area (Å²) >= 11 is 0. The van der Waals surface area contributed by atoms with Gasteiger partial charge in [-0.2, -0.15) is 0 Å². The van der Waals surface area contributed by atoms with Crippen molar-refractivity contribution in [1.82, 2.24) is 10.2 Å². The summed E-state index contributed by atoms with van der Waals surface area (Å²) in [6.07, 6.45) is -0.370. The van der Waals surface area contributed by atoms with Crippen LogP contribution in [0.25, 0.3) is 0 Å². The summed E-state index contributed by atoms with van der Waals surface area (Å²) in [5.74, 6) is 0.258. The highest BCUT2D eigenvalue weighted by Crippen LogP contribution is 2.29. The molecule has 2 unspecified atom stereocenters. The Hall–Kier alpha value is -0.900. The van der Waals surface area contributed by atoms with Gasteiger partial charge >= 0.3 is 0 Å². The van der Waals surface area contributed by atoms with Crippen LogP contribution >= 0.6 is 0 Å². The molecule has 20 heavy (non-hydrogen) atoms. The second-order valence-corrected chi connectivity index (χ2v) is 6.29. The van der Waals surface area contributed by atoms with E-state index >= 15 is 0 Å². The van der Waals surface area contributed by atoms with Crippen LogP contribution in [0.15, 0.2) is 12.1 Å². The zero-order valence-electron chi connectivity index (χ0n) is 13.2. The van der Waals surface area contributed by atoms with Crippen molar-refractivity contribution in [3.05, 3.63) is 34.4 Å². The molecule has 1 aliphatic heterocycles. The fourth-order valence-electron chi connectivity index (χ4n) is 3.34. The SMILES string of the molecule is Cc1cc(C)c(C(O)C(C)CN2CCNCC2)c(C)c1. The standard InChI is InChI=1S/C17H28N2O/c1-12-9-13(2)16(14(3)10-12)17(20)15(4)11-19-7-5-18-6-8-19/h9-10,15,17-18,20H,5-8,11H2,1-4H3. The summed E-state index contributed by atoms with van der Waals surface area (Å²) in [5, 5.41) is 14.1. The number of hydrogen-bond acceptors (Lipinski definition) is 3. The molecule has 3 heteroatoms. The van der Waals surface area contributed by atoms with E-state index < -0.39 is 0 Å². The van der Waals surface area contributed by atoms with E-state index in [-0.39, 0.29) is 12.0 Å². The first-order chi connectivity index (χ1) is 9.49. The molecule has 1 aromatic rings. The zero-order chi connectivity index (χ0) is 14.7. The molecule has 1 aliphatic rings. The number of aliphatic hydroxyl groups excluding tert-OH is 1. The molecule has 1 saturated heterocycles. The Morgan fingerprint density at radius 1 is 1.15 bits per heavy atom.